The maximum Gasteiger partial charge on any atom is 0.249 e. The highest BCUT2D eigenvalue weighted by molar-refractivity contribution is 6.30. The van der Waals surface area contributed by atoms with E-state index in [1.54, 1.807) is 4.90 Å². The molecule has 0 unspecified atom stereocenters. The topological polar surface area (TPSA) is 54.3 Å². The number of aromatic nitrogens is 1. The van der Waals surface area contributed by atoms with Gasteiger partial charge in [0.15, 0.2) is 6.04 Å². The van der Waals surface area contributed by atoms with E-state index in [0.29, 0.717) is 11.6 Å². The molecule has 0 radical (unpaired) electrons. The Morgan fingerprint density at radius 1 is 1.03 bits per heavy atom. The van der Waals surface area contributed by atoms with Gasteiger partial charge in [0.05, 0.1) is 5.69 Å². The SMILES string of the molecule is O=C(NC1CCCCCCC1)[C@@H]1c2cccn2CC(=O)N1Cc1ccc(Cl)cc1. The summed E-state index contributed by atoms with van der Waals surface area (Å²) in [6.45, 7) is 0.660. The van der Waals surface area contributed by atoms with Gasteiger partial charge < -0.3 is 14.8 Å². The number of nitrogens with one attached hydrogen (secondary N) is 1. The van der Waals surface area contributed by atoms with Crippen LogP contribution in [0.1, 0.15) is 62.2 Å². The van der Waals surface area contributed by atoms with Crippen molar-refractivity contribution in [3.8, 4) is 0 Å². The normalized spacial score (nSPS) is 20.7. The van der Waals surface area contributed by atoms with Crippen LogP contribution in [0, 0.1) is 0 Å². The largest absolute Gasteiger partial charge is 0.351 e. The highest BCUT2D eigenvalue weighted by Crippen LogP contribution is 2.30. The molecule has 1 aromatic carbocycles. The van der Waals surface area contributed by atoms with E-state index in [-0.39, 0.29) is 24.4 Å². The highest BCUT2D eigenvalue weighted by atomic mass is 35.5. The Bertz CT molecular complexity index is 853. The molecule has 29 heavy (non-hydrogen) atoms. The number of nitrogens with zero attached hydrogens (tertiary/aromatic N) is 2. The van der Waals surface area contributed by atoms with E-state index in [1.165, 1.54) is 19.3 Å². The Balaban J connectivity index is 1.56. The third kappa shape index (κ3) is 4.67. The van der Waals surface area contributed by atoms with Crippen LogP contribution >= 0.6 is 11.6 Å². The molecule has 2 aromatic rings. The van der Waals surface area contributed by atoms with Crippen LogP contribution in [0.5, 0.6) is 0 Å². The van der Waals surface area contributed by atoms with Gasteiger partial charge in [0, 0.05) is 23.8 Å². The highest BCUT2D eigenvalue weighted by Gasteiger charge is 2.38. The minimum Gasteiger partial charge on any atom is -0.351 e. The number of benzene rings is 1. The lowest BCUT2D eigenvalue weighted by molar-refractivity contribution is -0.144. The molecule has 6 heteroatoms. The maximum absolute atomic E-state index is 13.4. The molecule has 2 aliphatic rings. The molecular formula is C23H28ClN3O2. The van der Waals surface area contributed by atoms with Crippen molar-refractivity contribution in [2.75, 3.05) is 0 Å². The monoisotopic (exact) mass is 413 g/mol. The smallest absolute Gasteiger partial charge is 0.249 e. The number of carbonyl (C=O) groups is 2. The quantitative estimate of drug-likeness (QED) is 0.804. The Labute approximate surface area is 177 Å². The van der Waals surface area contributed by atoms with Crippen molar-refractivity contribution < 1.29 is 9.59 Å². The molecule has 5 nitrogen and oxygen atoms in total. The second-order valence-electron chi connectivity index (χ2n) is 8.16. The van der Waals surface area contributed by atoms with Crippen molar-refractivity contribution in [2.24, 2.45) is 0 Å². The molecule has 1 aliphatic heterocycles. The van der Waals surface area contributed by atoms with E-state index in [9.17, 15) is 9.59 Å². The van der Waals surface area contributed by atoms with Crippen LogP contribution < -0.4 is 5.32 Å². The molecule has 0 spiro atoms. The zero-order chi connectivity index (χ0) is 20.2. The van der Waals surface area contributed by atoms with Crippen LogP contribution in [0.2, 0.25) is 5.02 Å². The fourth-order valence-corrected chi connectivity index (χ4v) is 4.61. The van der Waals surface area contributed by atoms with Gasteiger partial charge in [-0.25, -0.2) is 0 Å². The minimum atomic E-state index is -0.604. The molecule has 1 fully saturated rings. The van der Waals surface area contributed by atoms with Gasteiger partial charge in [0.25, 0.3) is 0 Å². The van der Waals surface area contributed by atoms with E-state index in [0.717, 1.165) is 36.9 Å². The zero-order valence-corrected chi connectivity index (χ0v) is 17.4. The van der Waals surface area contributed by atoms with Gasteiger partial charge in [-0.15, -0.1) is 0 Å². The van der Waals surface area contributed by atoms with Gasteiger partial charge in [0.1, 0.15) is 6.54 Å². The fourth-order valence-electron chi connectivity index (χ4n) is 4.48. The Hall–Kier alpha value is -2.27. The molecule has 0 bridgehead atoms. The van der Waals surface area contributed by atoms with Crippen molar-refractivity contribution in [1.82, 2.24) is 14.8 Å². The molecule has 0 saturated heterocycles. The van der Waals surface area contributed by atoms with E-state index in [4.69, 9.17) is 11.6 Å². The van der Waals surface area contributed by atoms with E-state index < -0.39 is 6.04 Å². The van der Waals surface area contributed by atoms with Crippen LogP contribution in [-0.2, 0) is 22.7 Å². The van der Waals surface area contributed by atoms with Gasteiger partial charge >= 0.3 is 0 Å². The summed E-state index contributed by atoms with van der Waals surface area (Å²) in [5, 5.41) is 3.92. The summed E-state index contributed by atoms with van der Waals surface area (Å²) in [5.41, 5.74) is 1.84. The number of carbonyl (C=O) groups excluding carboxylic acids is 2. The van der Waals surface area contributed by atoms with Gasteiger partial charge in [-0.1, -0.05) is 55.8 Å². The number of amides is 2. The van der Waals surface area contributed by atoms with Crippen LogP contribution in [0.4, 0.5) is 0 Å². The molecular weight excluding hydrogens is 386 g/mol. The van der Waals surface area contributed by atoms with Gasteiger partial charge in [0.2, 0.25) is 11.8 Å². The summed E-state index contributed by atoms with van der Waals surface area (Å²) in [7, 11) is 0. The fraction of sp³-hybridized carbons (Fsp3) is 0.478. The lowest BCUT2D eigenvalue weighted by Gasteiger charge is -2.37. The Kier molecular flexibility index (Phi) is 6.24. The first-order chi connectivity index (χ1) is 14.1. The Morgan fingerprint density at radius 2 is 1.72 bits per heavy atom. The molecule has 1 saturated carbocycles. The van der Waals surface area contributed by atoms with Crippen LogP contribution in [-0.4, -0.2) is 27.3 Å². The number of rotatable bonds is 4. The predicted molar refractivity (Wildman–Crippen MR) is 113 cm³/mol. The summed E-state index contributed by atoms with van der Waals surface area (Å²) < 4.78 is 1.89. The van der Waals surface area contributed by atoms with Crippen molar-refractivity contribution >= 4 is 23.4 Å². The summed E-state index contributed by atoms with van der Waals surface area (Å²) in [4.78, 5) is 28.0. The predicted octanol–water partition coefficient (Wildman–Crippen LogP) is 4.45. The lowest BCUT2D eigenvalue weighted by atomic mass is 9.96. The van der Waals surface area contributed by atoms with E-state index in [1.807, 2.05) is 47.2 Å². The van der Waals surface area contributed by atoms with Gasteiger partial charge in [-0.2, -0.15) is 0 Å². The summed E-state index contributed by atoms with van der Waals surface area (Å²) in [6, 6.07) is 10.9. The summed E-state index contributed by atoms with van der Waals surface area (Å²) in [6.07, 6.45) is 9.98. The zero-order valence-electron chi connectivity index (χ0n) is 16.6. The number of hydrogen-bond acceptors (Lipinski definition) is 2. The van der Waals surface area contributed by atoms with Crippen LogP contribution in [0.3, 0.4) is 0 Å². The molecule has 2 heterocycles. The first-order valence-corrected chi connectivity index (χ1v) is 11.0. The average Bonchev–Trinajstić information content (AvgIpc) is 3.13. The van der Waals surface area contributed by atoms with E-state index >= 15 is 0 Å². The molecule has 4 rings (SSSR count). The Morgan fingerprint density at radius 3 is 2.45 bits per heavy atom. The minimum absolute atomic E-state index is 0.0403. The first-order valence-electron chi connectivity index (χ1n) is 10.6. The standard InChI is InChI=1S/C23H28ClN3O2/c24-18-12-10-17(11-13-18)15-27-21(28)16-26-14-6-9-20(26)22(27)23(29)25-19-7-4-2-1-3-5-8-19/h6,9-14,19,22H,1-5,7-8,15-16H2,(H,25,29)/t22-/m0/s1. The number of fused-ring (bicyclic) bond motifs is 1. The second-order valence-corrected chi connectivity index (χ2v) is 8.60. The van der Waals surface area contributed by atoms with Crippen molar-refractivity contribution in [3.05, 3.63) is 58.9 Å². The summed E-state index contributed by atoms with van der Waals surface area (Å²) in [5.74, 6) is -0.112. The van der Waals surface area contributed by atoms with Crippen molar-refractivity contribution in [1.29, 1.82) is 0 Å². The van der Waals surface area contributed by atoms with Crippen molar-refractivity contribution in [2.45, 2.75) is 70.1 Å². The molecule has 154 valence electrons. The third-order valence-corrected chi connectivity index (χ3v) is 6.30. The molecule has 1 N–H and O–H groups in total. The van der Waals surface area contributed by atoms with Crippen LogP contribution in [0.25, 0.3) is 0 Å². The van der Waals surface area contributed by atoms with E-state index in [2.05, 4.69) is 5.32 Å². The summed E-state index contributed by atoms with van der Waals surface area (Å²) >= 11 is 6.00. The molecule has 2 amide bonds. The third-order valence-electron chi connectivity index (χ3n) is 6.05. The molecule has 1 aromatic heterocycles. The lowest BCUT2D eigenvalue weighted by Crippen LogP contribution is -2.50. The maximum atomic E-state index is 13.4. The first kappa shape index (κ1) is 20.0. The van der Waals surface area contributed by atoms with Crippen molar-refractivity contribution in [3.63, 3.8) is 0 Å². The number of hydrogen-bond donors (Lipinski definition) is 1. The van der Waals surface area contributed by atoms with Gasteiger partial charge in [-0.3, -0.25) is 9.59 Å². The second kappa shape index (κ2) is 9.04. The average molecular weight is 414 g/mol. The molecule has 1 atom stereocenters. The van der Waals surface area contributed by atoms with Crippen LogP contribution in [0.15, 0.2) is 42.6 Å². The number of halogens is 1. The molecule has 1 aliphatic carbocycles. The van der Waals surface area contributed by atoms with Gasteiger partial charge in [-0.05, 0) is 42.7 Å².